The molecule has 1 heterocycles. The van der Waals surface area contributed by atoms with Gasteiger partial charge in [-0.2, -0.15) is 10.1 Å². The predicted octanol–water partition coefficient (Wildman–Crippen LogP) is 4.56. The molecule has 0 unspecified atom stereocenters. The number of aromatic nitrogens is 3. The molecule has 0 bridgehead atoms. The van der Waals surface area contributed by atoms with E-state index in [9.17, 15) is 0 Å². The highest BCUT2D eigenvalue weighted by molar-refractivity contribution is 5.58. The molecule has 0 aliphatic heterocycles. The Labute approximate surface area is 154 Å². The Bertz CT molecular complexity index is 816. The molecule has 1 aliphatic carbocycles. The second kappa shape index (κ2) is 7.95. The van der Waals surface area contributed by atoms with Gasteiger partial charge in [-0.1, -0.05) is 61.4 Å². The van der Waals surface area contributed by atoms with Crippen LogP contribution in [0, 0.1) is 0 Å². The Hall–Kier alpha value is -2.95. The van der Waals surface area contributed by atoms with Gasteiger partial charge in [0.05, 0.1) is 12.7 Å². The van der Waals surface area contributed by atoms with Gasteiger partial charge in [0.2, 0.25) is 0 Å². The number of hydrogen-bond acceptors (Lipinski definition) is 5. The fourth-order valence-electron chi connectivity index (χ4n) is 3.41. The highest BCUT2D eigenvalue weighted by Gasteiger charge is 2.18. The number of nitrogens with zero attached hydrogens (tertiary/aromatic N) is 4. The minimum absolute atomic E-state index is 0.499. The van der Waals surface area contributed by atoms with E-state index in [-0.39, 0.29) is 0 Å². The average Bonchev–Trinajstić information content (AvgIpc) is 3.21. The molecule has 1 fully saturated rings. The lowest BCUT2D eigenvalue weighted by atomic mass is 10.2. The SMILES string of the molecule is c1ccc(CN(c2ccccc2)c2nncc(NC3CCCC3)n2)cc1. The first-order valence-electron chi connectivity index (χ1n) is 9.21. The van der Waals surface area contributed by atoms with Crippen molar-refractivity contribution in [1.82, 2.24) is 15.2 Å². The first-order valence-corrected chi connectivity index (χ1v) is 9.21. The predicted molar refractivity (Wildman–Crippen MR) is 104 cm³/mol. The molecule has 5 heteroatoms. The van der Waals surface area contributed by atoms with Gasteiger partial charge in [-0.15, -0.1) is 5.10 Å². The molecule has 0 radical (unpaired) electrons. The molecule has 1 aliphatic rings. The van der Waals surface area contributed by atoms with Gasteiger partial charge in [0.1, 0.15) is 0 Å². The van der Waals surface area contributed by atoms with Crippen LogP contribution in [0.4, 0.5) is 17.5 Å². The van der Waals surface area contributed by atoms with Crippen LogP contribution in [0.1, 0.15) is 31.2 Å². The molecule has 132 valence electrons. The van der Waals surface area contributed by atoms with E-state index < -0.39 is 0 Å². The minimum atomic E-state index is 0.499. The molecule has 0 saturated heterocycles. The number of benzene rings is 2. The van der Waals surface area contributed by atoms with Crippen LogP contribution in [-0.2, 0) is 6.54 Å². The first-order chi connectivity index (χ1) is 12.9. The van der Waals surface area contributed by atoms with Gasteiger partial charge in [0.25, 0.3) is 5.95 Å². The Morgan fingerprint density at radius 3 is 2.35 bits per heavy atom. The fourth-order valence-corrected chi connectivity index (χ4v) is 3.41. The molecule has 0 spiro atoms. The van der Waals surface area contributed by atoms with Crippen molar-refractivity contribution < 1.29 is 0 Å². The van der Waals surface area contributed by atoms with E-state index in [2.05, 4.69) is 56.8 Å². The largest absolute Gasteiger partial charge is 0.366 e. The van der Waals surface area contributed by atoms with E-state index in [1.54, 1.807) is 6.20 Å². The number of hydrogen-bond donors (Lipinski definition) is 1. The summed E-state index contributed by atoms with van der Waals surface area (Å²) in [6, 6.07) is 21.1. The summed E-state index contributed by atoms with van der Waals surface area (Å²) in [4.78, 5) is 6.85. The zero-order valence-electron chi connectivity index (χ0n) is 14.8. The van der Waals surface area contributed by atoms with Crippen LogP contribution >= 0.6 is 0 Å². The van der Waals surface area contributed by atoms with E-state index in [0.29, 0.717) is 18.5 Å². The van der Waals surface area contributed by atoms with E-state index in [1.165, 1.54) is 31.2 Å². The lowest BCUT2D eigenvalue weighted by molar-refractivity contribution is 0.744. The van der Waals surface area contributed by atoms with Gasteiger partial charge in [0, 0.05) is 11.7 Å². The van der Waals surface area contributed by atoms with Gasteiger partial charge >= 0.3 is 0 Å². The van der Waals surface area contributed by atoms with Crippen molar-refractivity contribution >= 4 is 17.5 Å². The van der Waals surface area contributed by atoms with Crippen molar-refractivity contribution in [3.63, 3.8) is 0 Å². The van der Waals surface area contributed by atoms with Crippen LogP contribution < -0.4 is 10.2 Å². The zero-order valence-corrected chi connectivity index (χ0v) is 14.8. The van der Waals surface area contributed by atoms with Gasteiger partial charge < -0.3 is 10.2 Å². The monoisotopic (exact) mass is 345 g/mol. The molecule has 1 aromatic heterocycles. The smallest absolute Gasteiger partial charge is 0.252 e. The van der Waals surface area contributed by atoms with Crippen LogP contribution in [0.2, 0.25) is 0 Å². The summed E-state index contributed by atoms with van der Waals surface area (Å²) < 4.78 is 0. The maximum Gasteiger partial charge on any atom is 0.252 e. The molecular formula is C21H23N5. The number of para-hydroxylation sites is 1. The molecule has 5 nitrogen and oxygen atoms in total. The molecule has 1 saturated carbocycles. The number of anilines is 3. The number of nitrogens with one attached hydrogen (secondary N) is 1. The molecule has 0 atom stereocenters. The Kier molecular flexibility index (Phi) is 5.05. The van der Waals surface area contributed by atoms with E-state index in [4.69, 9.17) is 4.98 Å². The molecule has 26 heavy (non-hydrogen) atoms. The number of rotatable bonds is 6. The van der Waals surface area contributed by atoms with Gasteiger partial charge in [0.15, 0.2) is 5.82 Å². The second-order valence-electron chi connectivity index (χ2n) is 6.67. The Balaban J connectivity index is 1.62. The molecule has 1 N–H and O–H groups in total. The molecular weight excluding hydrogens is 322 g/mol. The van der Waals surface area contributed by atoms with Crippen molar-refractivity contribution in [2.24, 2.45) is 0 Å². The Morgan fingerprint density at radius 1 is 0.923 bits per heavy atom. The molecule has 2 aromatic carbocycles. The summed E-state index contributed by atoms with van der Waals surface area (Å²) in [6.07, 6.45) is 6.69. The summed E-state index contributed by atoms with van der Waals surface area (Å²) in [5.41, 5.74) is 2.25. The first kappa shape index (κ1) is 16.5. The van der Waals surface area contributed by atoms with Crippen LogP contribution in [0.15, 0.2) is 66.9 Å². The summed E-state index contributed by atoms with van der Waals surface area (Å²) in [5, 5.41) is 12.0. The minimum Gasteiger partial charge on any atom is -0.366 e. The fraction of sp³-hybridized carbons (Fsp3) is 0.286. The molecule has 4 rings (SSSR count). The van der Waals surface area contributed by atoms with Gasteiger partial charge in [-0.05, 0) is 30.5 Å². The van der Waals surface area contributed by atoms with Crippen molar-refractivity contribution in [1.29, 1.82) is 0 Å². The molecule has 0 amide bonds. The summed E-state index contributed by atoms with van der Waals surface area (Å²) >= 11 is 0. The highest BCUT2D eigenvalue weighted by Crippen LogP contribution is 2.26. The van der Waals surface area contributed by atoms with Crippen LogP contribution in [-0.4, -0.2) is 21.2 Å². The summed E-state index contributed by atoms with van der Waals surface area (Å²) in [7, 11) is 0. The maximum atomic E-state index is 4.75. The van der Waals surface area contributed by atoms with E-state index in [0.717, 1.165) is 11.5 Å². The summed E-state index contributed by atoms with van der Waals surface area (Å²) in [5.74, 6) is 1.42. The van der Waals surface area contributed by atoms with Crippen LogP contribution in [0.25, 0.3) is 0 Å². The Morgan fingerprint density at radius 2 is 1.62 bits per heavy atom. The third-order valence-electron chi connectivity index (χ3n) is 4.75. The normalized spacial score (nSPS) is 14.3. The van der Waals surface area contributed by atoms with Crippen molar-refractivity contribution in [3.8, 4) is 0 Å². The van der Waals surface area contributed by atoms with Crippen LogP contribution in [0.3, 0.4) is 0 Å². The van der Waals surface area contributed by atoms with Crippen LogP contribution in [0.5, 0.6) is 0 Å². The topological polar surface area (TPSA) is 53.9 Å². The standard InChI is InChI=1S/C21H23N5/c1-3-9-17(10-4-1)16-26(19-13-5-2-6-14-19)21-24-20(15-22-25-21)23-18-11-7-8-12-18/h1-6,9-10,13-15,18H,7-8,11-12,16H2,(H,23,24,25). The lowest BCUT2D eigenvalue weighted by Crippen LogP contribution is -2.21. The van der Waals surface area contributed by atoms with Crippen molar-refractivity contribution in [2.45, 2.75) is 38.3 Å². The third-order valence-corrected chi connectivity index (χ3v) is 4.75. The maximum absolute atomic E-state index is 4.75. The van der Waals surface area contributed by atoms with Gasteiger partial charge in [-0.3, -0.25) is 0 Å². The molecule has 3 aromatic rings. The quantitative estimate of drug-likeness (QED) is 0.709. The lowest BCUT2D eigenvalue weighted by Gasteiger charge is -2.23. The highest BCUT2D eigenvalue weighted by atomic mass is 15.3. The average molecular weight is 345 g/mol. The van der Waals surface area contributed by atoms with Gasteiger partial charge in [-0.25, -0.2) is 0 Å². The van der Waals surface area contributed by atoms with E-state index >= 15 is 0 Å². The van der Waals surface area contributed by atoms with E-state index in [1.807, 2.05) is 24.3 Å². The second-order valence-corrected chi connectivity index (χ2v) is 6.67. The van der Waals surface area contributed by atoms with Crippen molar-refractivity contribution in [3.05, 3.63) is 72.4 Å². The summed E-state index contributed by atoms with van der Waals surface area (Å²) in [6.45, 7) is 0.694. The van der Waals surface area contributed by atoms with Crippen molar-refractivity contribution in [2.75, 3.05) is 10.2 Å². The zero-order chi connectivity index (χ0) is 17.6. The third kappa shape index (κ3) is 3.99.